The Morgan fingerprint density at radius 2 is 1.43 bits per heavy atom. The van der Waals surface area contributed by atoms with Gasteiger partial charge in [0.25, 0.3) is 11.8 Å². The van der Waals surface area contributed by atoms with E-state index in [-0.39, 0.29) is 24.3 Å². The molecule has 0 aromatic heterocycles. The van der Waals surface area contributed by atoms with Gasteiger partial charge in [-0.15, -0.1) is 0 Å². The summed E-state index contributed by atoms with van der Waals surface area (Å²) in [6.07, 6.45) is 0. The number of hydrogen-bond acceptors (Lipinski definition) is 4. The van der Waals surface area contributed by atoms with Crippen molar-refractivity contribution in [3.63, 3.8) is 0 Å². The molecule has 3 aromatic carbocycles. The highest BCUT2D eigenvalue weighted by Gasteiger charge is 2.14. The summed E-state index contributed by atoms with van der Waals surface area (Å²) >= 11 is 0. The van der Waals surface area contributed by atoms with Crippen LogP contribution in [0.1, 0.15) is 40.1 Å². The predicted octanol–water partition coefficient (Wildman–Crippen LogP) is 4.49. The first-order valence-corrected chi connectivity index (χ1v) is 11.7. The van der Waals surface area contributed by atoms with Crippen LogP contribution in [-0.2, 0) is 11.3 Å². The van der Waals surface area contributed by atoms with Gasteiger partial charge in [-0.25, -0.2) is 0 Å². The molecule has 0 atom stereocenters. The molecule has 35 heavy (non-hydrogen) atoms. The molecular formula is C28H32N4O3. The van der Waals surface area contributed by atoms with Crippen LogP contribution in [0.3, 0.4) is 0 Å². The van der Waals surface area contributed by atoms with Crippen molar-refractivity contribution in [2.75, 3.05) is 37.3 Å². The van der Waals surface area contributed by atoms with Crippen LogP contribution >= 0.6 is 0 Å². The number of nitrogens with zero attached hydrogens (tertiary/aromatic N) is 2. The molecule has 0 heterocycles. The van der Waals surface area contributed by atoms with Crippen molar-refractivity contribution in [3.05, 3.63) is 95.6 Å². The average Bonchev–Trinajstić information content (AvgIpc) is 2.88. The fourth-order valence-electron chi connectivity index (χ4n) is 3.69. The number of amides is 3. The molecule has 0 aliphatic heterocycles. The Morgan fingerprint density at radius 3 is 2.09 bits per heavy atom. The highest BCUT2D eigenvalue weighted by Crippen LogP contribution is 2.15. The summed E-state index contributed by atoms with van der Waals surface area (Å²) in [6, 6.07) is 23.8. The molecule has 0 aliphatic rings. The van der Waals surface area contributed by atoms with E-state index in [0.717, 1.165) is 11.3 Å². The van der Waals surface area contributed by atoms with Gasteiger partial charge in [0, 0.05) is 49.2 Å². The van der Waals surface area contributed by atoms with Crippen LogP contribution < -0.4 is 10.6 Å². The zero-order valence-corrected chi connectivity index (χ0v) is 20.5. The Hall–Kier alpha value is -4.13. The van der Waals surface area contributed by atoms with Crippen LogP contribution in [0.15, 0.2) is 78.9 Å². The van der Waals surface area contributed by atoms with Crippen LogP contribution in [0.4, 0.5) is 11.4 Å². The Balaban J connectivity index is 1.53. The van der Waals surface area contributed by atoms with Crippen molar-refractivity contribution >= 4 is 29.1 Å². The van der Waals surface area contributed by atoms with Gasteiger partial charge in [-0.05, 0) is 61.9 Å². The number of nitrogens with one attached hydrogen (secondary N) is 2. The topological polar surface area (TPSA) is 81.8 Å². The van der Waals surface area contributed by atoms with Gasteiger partial charge < -0.3 is 20.4 Å². The lowest BCUT2D eigenvalue weighted by atomic mass is 10.1. The fraction of sp³-hybridized carbons (Fsp3) is 0.250. The monoisotopic (exact) mass is 472 g/mol. The largest absolute Gasteiger partial charge is 0.376 e. The van der Waals surface area contributed by atoms with Crippen molar-refractivity contribution in [1.29, 1.82) is 0 Å². The zero-order chi connectivity index (χ0) is 25.2. The summed E-state index contributed by atoms with van der Waals surface area (Å²) in [6.45, 7) is 5.77. The van der Waals surface area contributed by atoms with Crippen LogP contribution in [0, 0.1) is 0 Å². The minimum atomic E-state index is -0.240. The van der Waals surface area contributed by atoms with E-state index in [2.05, 4.69) is 10.6 Å². The lowest BCUT2D eigenvalue weighted by Crippen LogP contribution is -2.30. The van der Waals surface area contributed by atoms with E-state index in [1.165, 1.54) is 0 Å². The minimum absolute atomic E-state index is 0.0110. The lowest BCUT2D eigenvalue weighted by molar-refractivity contribution is -0.114. The molecule has 3 aromatic rings. The SMILES string of the molecule is CCN(CC)C(=O)c1ccc(NCC(=O)Nc2cccc(C(=O)N(C)Cc3ccccc3)c2)cc1. The lowest BCUT2D eigenvalue weighted by Gasteiger charge is -2.18. The molecular weight excluding hydrogens is 440 g/mol. The molecule has 0 saturated heterocycles. The van der Waals surface area contributed by atoms with E-state index >= 15 is 0 Å². The molecule has 3 rings (SSSR count). The van der Waals surface area contributed by atoms with E-state index < -0.39 is 0 Å². The molecule has 0 fully saturated rings. The van der Waals surface area contributed by atoms with E-state index in [9.17, 15) is 14.4 Å². The van der Waals surface area contributed by atoms with E-state index in [4.69, 9.17) is 0 Å². The van der Waals surface area contributed by atoms with Gasteiger partial charge in [-0.2, -0.15) is 0 Å². The van der Waals surface area contributed by atoms with Gasteiger partial charge in [-0.3, -0.25) is 14.4 Å². The van der Waals surface area contributed by atoms with Crippen LogP contribution in [0.2, 0.25) is 0 Å². The molecule has 7 heteroatoms. The molecule has 0 bridgehead atoms. The number of carbonyl (C=O) groups is 3. The molecule has 0 aliphatic carbocycles. The first-order valence-electron chi connectivity index (χ1n) is 11.7. The third kappa shape index (κ3) is 7.17. The first-order chi connectivity index (χ1) is 16.9. The molecule has 182 valence electrons. The van der Waals surface area contributed by atoms with Crippen LogP contribution in [0.5, 0.6) is 0 Å². The maximum Gasteiger partial charge on any atom is 0.253 e. The quantitative estimate of drug-likeness (QED) is 0.456. The smallest absolute Gasteiger partial charge is 0.253 e. The number of benzene rings is 3. The summed E-state index contributed by atoms with van der Waals surface area (Å²) < 4.78 is 0. The molecule has 0 spiro atoms. The van der Waals surface area contributed by atoms with Crippen LogP contribution in [-0.4, -0.2) is 54.2 Å². The summed E-state index contributed by atoms with van der Waals surface area (Å²) in [5.41, 5.74) is 3.45. The predicted molar refractivity (Wildman–Crippen MR) is 139 cm³/mol. The normalized spacial score (nSPS) is 10.4. The highest BCUT2D eigenvalue weighted by molar-refractivity contribution is 5.98. The molecule has 0 saturated carbocycles. The second-order valence-electron chi connectivity index (χ2n) is 8.18. The summed E-state index contributed by atoms with van der Waals surface area (Å²) in [7, 11) is 1.76. The Bertz CT molecular complexity index is 1140. The maximum absolute atomic E-state index is 12.8. The molecule has 0 radical (unpaired) electrons. The number of anilines is 2. The van der Waals surface area contributed by atoms with Crippen LogP contribution in [0.25, 0.3) is 0 Å². The van der Waals surface area contributed by atoms with Crippen molar-refractivity contribution in [2.45, 2.75) is 20.4 Å². The van der Waals surface area contributed by atoms with Gasteiger partial charge in [0.2, 0.25) is 5.91 Å². The fourth-order valence-corrected chi connectivity index (χ4v) is 3.69. The van der Waals surface area contributed by atoms with Crippen molar-refractivity contribution in [1.82, 2.24) is 9.80 Å². The van der Waals surface area contributed by atoms with Gasteiger partial charge in [-0.1, -0.05) is 36.4 Å². The maximum atomic E-state index is 12.8. The molecule has 7 nitrogen and oxygen atoms in total. The second kappa shape index (κ2) is 12.4. The zero-order valence-electron chi connectivity index (χ0n) is 20.5. The molecule has 2 N–H and O–H groups in total. The van der Waals surface area contributed by atoms with E-state index in [1.54, 1.807) is 65.4 Å². The third-order valence-corrected chi connectivity index (χ3v) is 5.64. The standard InChI is InChI=1S/C28H32N4O3/c1-4-32(5-2)28(35)22-14-16-24(17-15-22)29-19-26(33)30-25-13-9-12-23(18-25)27(34)31(3)20-21-10-7-6-8-11-21/h6-18,29H,4-5,19-20H2,1-3H3,(H,30,33). The third-order valence-electron chi connectivity index (χ3n) is 5.64. The van der Waals surface area contributed by atoms with Crippen molar-refractivity contribution in [2.24, 2.45) is 0 Å². The summed E-state index contributed by atoms with van der Waals surface area (Å²) in [4.78, 5) is 41.1. The van der Waals surface area contributed by atoms with Gasteiger partial charge >= 0.3 is 0 Å². The van der Waals surface area contributed by atoms with Gasteiger partial charge in [0.1, 0.15) is 0 Å². The number of rotatable bonds is 10. The number of hydrogen-bond donors (Lipinski definition) is 2. The van der Waals surface area contributed by atoms with Crippen molar-refractivity contribution < 1.29 is 14.4 Å². The van der Waals surface area contributed by atoms with Gasteiger partial charge in [0.05, 0.1) is 6.54 Å². The Labute approximate surface area is 206 Å². The highest BCUT2D eigenvalue weighted by atomic mass is 16.2. The summed E-state index contributed by atoms with van der Waals surface area (Å²) in [5.74, 6) is -0.374. The molecule has 3 amide bonds. The first kappa shape index (κ1) is 25.5. The Morgan fingerprint density at radius 1 is 0.743 bits per heavy atom. The van der Waals surface area contributed by atoms with E-state index in [1.807, 2.05) is 44.2 Å². The van der Waals surface area contributed by atoms with Gasteiger partial charge in [0.15, 0.2) is 0 Å². The average molecular weight is 473 g/mol. The Kier molecular flexibility index (Phi) is 9.01. The summed E-state index contributed by atoms with van der Waals surface area (Å²) in [5, 5.41) is 5.88. The minimum Gasteiger partial charge on any atom is -0.376 e. The second-order valence-corrected chi connectivity index (χ2v) is 8.18. The number of carbonyl (C=O) groups excluding carboxylic acids is 3. The molecule has 0 unspecified atom stereocenters. The van der Waals surface area contributed by atoms with E-state index in [0.29, 0.717) is 36.4 Å². The van der Waals surface area contributed by atoms with Crippen molar-refractivity contribution in [3.8, 4) is 0 Å².